The summed E-state index contributed by atoms with van der Waals surface area (Å²) >= 11 is 5.19. The highest BCUT2D eigenvalue weighted by Gasteiger charge is 2.12. The van der Waals surface area contributed by atoms with Crippen molar-refractivity contribution in [2.24, 2.45) is 0 Å². The minimum atomic E-state index is -0.573. The van der Waals surface area contributed by atoms with Crippen molar-refractivity contribution < 1.29 is 14.0 Å². The number of benzene rings is 2. The fourth-order valence-electron chi connectivity index (χ4n) is 1.71. The quantitative estimate of drug-likeness (QED) is 0.487. The molecule has 0 radical (unpaired) electrons. The van der Waals surface area contributed by atoms with Gasteiger partial charge in [0.15, 0.2) is 5.78 Å². The van der Waals surface area contributed by atoms with Crippen LogP contribution in [0.5, 0.6) is 0 Å². The van der Waals surface area contributed by atoms with E-state index in [0.29, 0.717) is 5.56 Å². The number of allylic oxidation sites excluding steroid dienone is 1. The summed E-state index contributed by atoms with van der Waals surface area (Å²) in [6.45, 7) is 0. The summed E-state index contributed by atoms with van der Waals surface area (Å²) in [5.41, 5.74) is 1.14. The van der Waals surface area contributed by atoms with Crippen LogP contribution in [0, 0.1) is 5.82 Å². The van der Waals surface area contributed by atoms with Gasteiger partial charge in [-0.1, -0.05) is 42.5 Å². The normalized spacial score (nSPS) is 10.7. The largest absolute Gasteiger partial charge is 0.288 e. The van der Waals surface area contributed by atoms with Gasteiger partial charge in [0.2, 0.25) is 5.24 Å². The molecule has 0 aliphatic carbocycles. The highest BCUT2D eigenvalue weighted by atomic mass is 35.5. The van der Waals surface area contributed by atoms with Gasteiger partial charge >= 0.3 is 0 Å². The lowest BCUT2D eigenvalue weighted by molar-refractivity contribution is -0.107. The second kappa shape index (κ2) is 6.26. The molecule has 0 fully saturated rings. The molecule has 100 valence electrons. The molecule has 2 aromatic rings. The fourth-order valence-corrected chi connectivity index (χ4v) is 1.77. The molecule has 0 aliphatic rings. The smallest absolute Gasteiger partial charge is 0.245 e. The van der Waals surface area contributed by atoms with Crippen LogP contribution in [0.15, 0.2) is 54.6 Å². The molecule has 0 saturated heterocycles. The van der Waals surface area contributed by atoms with Crippen LogP contribution in [0.4, 0.5) is 4.39 Å². The fraction of sp³-hybridized carbons (Fsp3) is 0. The maximum Gasteiger partial charge on any atom is 0.245 e. The topological polar surface area (TPSA) is 34.1 Å². The van der Waals surface area contributed by atoms with Gasteiger partial charge in [-0.05, 0) is 35.4 Å². The summed E-state index contributed by atoms with van der Waals surface area (Å²) in [5.74, 6) is -0.929. The predicted molar refractivity (Wildman–Crippen MR) is 76.2 cm³/mol. The molecule has 2 aromatic carbocycles. The summed E-state index contributed by atoms with van der Waals surface area (Å²) in [4.78, 5) is 22.7. The Labute approximate surface area is 120 Å². The first-order valence-corrected chi connectivity index (χ1v) is 6.22. The number of halogens is 2. The van der Waals surface area contributed by atoms with E-state index in [4.69, 9.17) is 11.6 Å². The number of ketones is 1. The lowest BCUT2D eigenvalue weighted by Gasteiger charge is -2.03. The molecule has 0 amide bonds. The Bertz CT molecular complexity index is 675. The van der Waals surface area contributed by atoms with Crippen molar-refractivity contribution in [3.8, 4) is 0 Å². The molecule has 0 unspecified atom stereocenters. The van der Waals surface area contributed by atoms with Gasteiger partial charge < -0.3 is 0 Å². The van der Waals surface area contributed by atoms with E-state index < -0.39 is 11.1 Å². The van der Waals surface area contributed by atoms with Crippen molar-refractivity contribution in [2.45, 2.75) is 0 Å². The lowest BCUT2D eigenvalue weighted by Crippen LogP contribution is -2.03. The summed E-state index contributed by atoms with van der Waals surface area (Å²) < 4.78 is 13.5. The zero-order chi connectivity index (χ0) is 14.5. The Morgan fingerprint density at radius 2 is 1.65 bits per heavy atom. The standard InChI is InChI=1S/C16H10ClFO2/c17-15(19)10-7-11-5-8-12(9-6-11)16(20)13-3-1-2-4-14(13)18/h1-10H/b10-7+. The summed E-state index contributed by atoms with van der Waals surface area (Å²) in [6, 6.07) is 12.3. The first-order valence-electron chi connectivity index (χ1n) is 5.85. The van der Waals surface area contributed by atoms with Crippen molar-refractivity contribution in [3.05, 3.63) is 77.1 Å². The van der Waals surface area contributed by atoms with E-state index in [1.54, 1.807) is 30.3 Å². The van der Waals surface area contributed by atoms with Crippen LogP contribution in [0.3, 0.4) is 0 Å². The lowest BCUT2D eigenvalue weighted by atomic mass is 10.0. The molecule has 0 spiro atoms. The third kappa shape index (κ3) is 3.39. The molecule has 0 saturated carbocycles. The Hall–Kier alpha value is -2.26. The first-order chi connectivity index (χ1) is 9.58. The Morgan fingerprint density at radius 1 is 1.00 bits per heavy atom. The van der Waals surface area contributed by atoms with E-state index in [9.17, 15) is 14.0 Å². The van der Waals surface area contributed by atoms with Crippen molar-refractivity contribution >= 4 is 28.7 Å². The van der Waals surface area contributed by atoms with Gasteiger partial charge in [0.1, 0.15) is 5.82 Å². The van der Waals surface area contributed by atoms with Gasteiger partial charge in [-0.2, -0.15) is 0 Å². The number of carbonyl (C=O) groups excluding carboxylic acids is 2. The molecule has 2 rings (SSSR count). The van der Waals surface area contributed by atoms with Crippen LogP contribution in [0.2, 0.25) is 0 Å². The van der Waals surface area contributed by atoms with Crippen LogP contribution in [0.25, 0.3) is 6.08 Å². The number of rotatable bonds is 4. The van der Waals surface area contributed by atoms with Crippen molar-refractivity contribution in [2.75, 3.05) is 0 Å². The average Bonchev–Trinajstić information content (AvgIpc) is 2.45. The highest BCUT2D eigenvalue weighted by Crippen LogP contribution is 2.14. The SMILES string of the molecule is O=C(Cl)/C=C/c1ccc(C(=O)c2ccccc2F)cc1. The van der Waals surface area contributed by atoms with Gasteiger partial charge in [0.05, 0.1) is 5.56 Å². The molecule has 0 atom stereocenters. The van der Waals surface area contributed by atoms with E-state index in [-0.39, 0.29) is 11.3 Å². The second-order valence-electron chi connectivity index (χ2n) is 4.07. The molecule has 4 heteroatoms. The van der Waals surface area contributed by atoms with Crippen molar-refractivity contribution in [1.82, 2.24) is 0 Å². The summed E-state index contributed by atoms with van der Waals surface area (Å²) in [7, 11) is 0. The zero-order valence-corrected chi connectivity index (χ0v) is 11.1. The van der Waals surface area contributed by atoms with Gasteiger partial charge in [0.25, 0.3) is 0 Å². The number of hydrogen-bond donors (Lipinski definition) is 0. The zero-order valence-electron chi connectivity index (χ0n) is 10.3. The molecule has 0 N–H and O–H groups in total. The van der Waals surface area contributed by atoms with Crippen LogP contribution in [-0.4, -0.2) is 11.0 Å². The Morgan fingerprint density at radius 3 is 2.25 bits per heavy atom. The van der Waals surface area contributed by atoms with Crippen molar-refractivity contribution in [3.63, 3.8) is 0 Å². The van der Waals surface area contributed by atoms with E-state index in [1.807, 2.05) is 0 Å². The molecular weight excluding hydrogens is 279 g/mol. The van der Waals surface area contributed by atoms with E-state index in [0.717, 1.165) is 5.56 Å². The van der Waals surface area contributed by atoms with E-state index in [2.05, 4.69) is 0 Å². The third-order valence-corrected chi connectivity index (χ3v) is 2.82. The Kier molecular flexibility index (Phi) is 4.43. The minimum absolute atomic E-state index is 0.0340. The molecule has 0 aliphatic heterocycles. The summed E-state index contributed by atoms with van der Waals surface area (Å²) in [6.07, 6.45) is 2.75. The van der Waals surface area contributed by atoms with Gasteiger partial charge in [-0.15, -0.1) is 0 Å². The molecule has 20 heavy (non-hydrogen) atoms. The van der Waals surface area contributed by atoms with Crippen LogP contribution < -0.4 is 0 Å². The molecule has 0 heterocycles. The van der Waals surface area contributed by atoms with Crippen LogP contribution >= 0.6 is 11.6 Å². The molecule has 2 nitrogen and oxygen atoms in total. The van der Waals surface area contributed by atoms with Gasteiger partial charge in [0, 0.05) is 5.56 Å². The van der Waals surface area contributed by atoms with E-state index >= 15 is 0 Å². The van der Waals surface area contributed by atoms with Crippen LogP contribution in [-0.2, 0) is 4.79 Å². The predicted octanol–water partition coefficient (Wildman–Crippen LogP) is 3.84. The number of carbonyl (C=O) groups is 2. The summed E-state index contributed by atoms with van der Waals surface area (Å²) in [5, 5.41) is -0.573. The number of hydrogen-bond acceptors (Lipinski definition) is 2. The molecular formula is C16H10ClFO2. The van der Waals surface area contributed by atoms with Gasteiger partial charge in [-0.3, -0.25) is 9.59 Å². The third-order valence-electron chi connectivity index (χ3n) is 2.70. The monoisotopic (exact) mass is 288 g/mol. The minimum Gasteiger partial charge on any atom is -0.288 e. The molecule has 0 aromatic heterocycles. The first kappa shape index (κ1) is 14.2. The maximum absolute atomic E-state index is 13.5. The molecule has 0 bridgehead atoms. The maximum atomic E-state index is 13.5. The van der Waals surface area contributed by atoms with Crippen LogP contribution in [0.1, 0.15) is 21.5 Å². The van der Waals surface area contributed by atoms with Gasteiger partial charge in [-0.25, -0.2) is 4.39 Å². The second-order valence-corrected chi connectivity index (χ2v) is 4.44. The van der Waals surface area contributed by atoms with Crippen molar-refractivity contribution in [1.29, 1.82) is 0 Å². The average molecular weight is 289 g/mol. The Balaban J connectivity index is 2.24. The highest BCUT2D eigenvalue weighted by molar-refractivity contribution is 6.66. The van der Waals surface area contributed by atoms with E-state index in [1.165, 1.54) is 30.4 Å².